The maximum Gasteiger partial charge on any atom is 0.345 e. The van der Waals surface area contributed by atoms with Crippen LogP contribution in [0.2, 0.25) is 0 Å². The Labute approximate surface area is 138 Å². The first-order valence-electron chi connectivity index (χ1n) is 6.44. The summed E-state index contributed by atoms with van der Waals surface area (Å²) < 4.78 is 27.7. The summed E-state index contributed by atoms with van der Waals surface area (Å²) in [4.78, 5) is 10.7. The number of hydrogen-bond donors (Lipinski definition) is 2. The fourth-order valence-electron chi connectivity index (χ4n) is 1.64. The van der Waals surface area contributed by atoms with Crippen molar-refractivity contribution in [1.29, 1.82) is 0 Å². The molecule has 1 aliphatic heterocycles. The Morgan fingerprint density at radius 1 is 1.50 bits per heavy atom. The van der Waals surface area contributed by atoms with Crippen molar-refractivity contribution < 1.29 is 8.42 Å². The molecular weight excluding hydrogens is 344 g/mol. The Kier molecular flexibility index (Phi) is 5.78. The van der Waals surface area contributed by atoms with E-state index in [1.165, 1.54) is 0 Å². The summed E-state index contributed by atoms with van der Waals surface area (Å²) >= 11 is 3.35. The van der Waals surface area contributed by atoms with Crippen LogP contribution in [0.3, 0.4) is 0 Å². The summed E-state index contributed by atoms with van der Waals surface area (Å²) in [5.41, 5.74) is 6.52. The molecule has 122 valence electrons. The molecule has 0 amide bonds. The van der Waals surface area contributed by atoms with E-state index in [9.17, 15) is 8.42 Å². The third-order valence-electron chi connectivity index (χ3n) is 2.49. The third-order valence-corrected chi connectivity index (χ3v) is 5.23. The number of amidine groups is 2. The van der Waals surface area contributed by atoms with Gasteiger partial charge < -0.3 is 10.6 Å². The van der Waals surface area contributed by atoms with E-state index in [4.69, 9.17) is 5.73 Å². The molecule has 0 fully saturated rings. The zero-order valence-electron chi connectivity index (χ0n) is 12.3. The quantitative estimate of drug-likeness (QED) is 0.662. The molecule has 3 N–H and O–H groups in total. The van der Waals surface area contributed by atoms with Crippen LogP contribution in [0.1, 0.15) is 10.7 Å². The SMILES string of the molecule is CN(C)Cc1nc(CSCCN=C2NS(=O)(=O)N=C2N)cs1. The topological polar surface area (TPSA) is 113 Å². The van der Waals surface area contributed by atoms with Gasteiger partial charge in [-0.15, -0.1) is 15.7 Å². The first-order chi connectivity index (χ1) is 10.4. The molecular formula is C11H18N6O2S3. The van der Waals surface area contributed by atoms with Crippen LogP contribution >= 0.6 is 23.1 Å². The average molecular weight is 363 g/mol. The lowest BCUT2D eigenvalue weighted by Gasteiger charge is -2.05. The minimum Gasteiger partial charge on any atom is -0.380 e. The van der Waals surface area contributed by atoms with Gasteiger partial charge in [-0.05, 0) is 14.1 Å². The maximum atomic E-state index is 11.1. The van der Waals surface area contributed by atoms with E-state index in [1.807, 2.05) is 14.1 Å². The monoisotopic (exact) mass is 362 g/mol. The second-order valence-corrected chi connectivity index (χ2v) is 8.19. The van der Waals surface area contributed by atoms with Gasteiger partial charge in [0.25, 0.3) is 0 Å². The highest BCUT2D eigenvalue weighted by Crippen LogP contribution is 2.16. The van der Waals surface area contributed by atoms with Gasteiger partial charge >= 0.3 is 10.2 Å². The molecule has 0 atom stereocenters. The van der Waals surface area contributed by atoms with Gasteiger partial charge in [-0.3, -0.25) is 4.99 Å². The number of rotatable bonds is 7. The molecule has 1 aromatic heterocycles. The lowest BCUT2D eigenvalue weighted by Crippen LogP contribution is -2.31. The van der Waals surface area contributed by atoms with Gasteiger partial charge in [0.15, 0.2) is 11.7 Å². The zero-order valence-corrected chi connectivity index (χ0v) is 14.8. The number of aliphatic imine (C=N–C) groups is 1. The summed E-state index contributed by atoms with van der Waals surface area (Å²) in [6, 6.07) is 0. The molecule has 0 saturated carbocycles. The van der Waals surface area contributed by atoms with Crippen molar-refractivity contribution in [3.05, 3.63) is 16.1 Å². The summed E-state index contributed by atoms with van der Waals surface area (Å²) in [5, 5.41) is 3.16. The van der Waals surface area contributed by atoms with Gasteiger partial charge in [-0.25, -0.2) is 9.71 Å². The van der Waals surface area contributed by atoms with Gasteiger partial charge in [0.2, 0.25) is 0 Å². The Morgan fingerprint density at radius 3 is 2.91 bits per heavy atom. The molecule has 1 aromatic rings. The predicted molar refractivity (Wildman–Crippen MR) is 91.6 cm³/mol. The zero-order chi connectivity index (χ0) is 16.2. The van der Waals surface area contributed by atoms with Crippen LogP contribution in [0.25, 0.3) is 0 Å². The number of hydrogen-bond acceptors (Lipinski definition) is 8. The van der Waals surface area contributed by atoms with E-state index >= 15 is 0 Å². The summed E-state index contributed by atoms with van der Waals surface area (Å²) in [5.74, 6) is 1.60. The van der Waals surface area contributed by atoms with Crippen molar-refractivity contribution in [2.75, 3.05) is 26.4 Å². The van der Waals surface area contributed by atoms with Crippen LogP contribution in [0, 0.1) is 0 Å². The van der Waals surface area contributed by atoms with Gasteiger partial charge in [-0.2, -0.15) is 20.2 Å². The Bertz CT molecular complexity index is 680. The highest BCUT2D eigenvalue weighted by molar-refractivity contribution is 7.98. The van der Waals surface area contributed by atoms with Crippen molar-refractivity contribution in [2.24, 2.45) is 15.1 Å². The molecule has 8 nitrogen and oxygen atoms in total. The second kappa shape index (κ2) is 7.40. The Hall–Kier alpha value is -1.17. The first-order valence-corrected chi connectivity index (χ1v) is 9.92. The molecule has 0 saturated heterocycles. The maximum absolute atomic E-state index is 11.1. The van der Waals surface area contributed by atoms with Crippen LogP contribution < -0.4 is 10.5 Å². The number of thiazole rings is 1. The first kappa shape index (κ1) is 17.2. The summed E-state index contributed by atoms with van der Waals surface area (Å²) in [6.45, 7) is 1.31. The van der Waals surface area contributed by atoms with Crippen LogP contribution in [-0.4, -0.2) is 56.4 Å². The molecule has 0 aromatic carbocycles. The molecule has 2 heterocycles. The molecule has 2 rings (SSSR count). The molecule has 1 aliphatic rings. The normalized spacial score (nSPS) is 18.7. The summed E-state index contributed by atoms with van der Waals surface area (Å²) in [6.07, 6.45) is 0. The highest BCUT2D eigenvalue weighted by Gasteiger charge is 2.23. The largest absolute Gasteiger partial charge is 0.380 e. The molecule has 0 spiro atoms. The number of nitrogens with one attached hydrogen (secondary N) is 1. The minimum atomic E-state index is -3.67. The number of nitrogens with two attached hydrogens (primary N) is 1. The lowest BCUT2D eigenvalue weighted by molar-refractivity contribution is 0.401. The summed E-state index contributed by atoms with van der Waals surface area (Å²) in [7, 11) is 0.355. The van der Waals surface area contributed by atoms with Gasteiger partial charge in [-0.1, -0.05) is 0 Å². The van der Waals surface area contributed by atoms with Crippen LogP contribution in [0.5, 0.6) is 0 Å². The number of thioether (sulfide) groups is 1. The van der Waals surface area contributed by atoms with Gasteiger partial charge in [0, 0.05) is 23.4 Å². The smallest absolute Gasteiger partial charge is 0.345 e. The van der Waals surface area contributed by atoms with Crippen molar-refractivity contribution in [3.8, 4) is 0 Å². The Balaban J connectivity index is 1.72. The predicted octanol–water partition coefficient (Wildman–Crippen LogP) is 0.0416. The Morgan fingerprint density at radius 2 is 2.27 bits per heavy atom. The van der Waals surface area contributed by atoms with Crippen LogP contribution in [0.4, 0.5) is 0 Å². The fourth-order valence-corrected chi connectivity index (χ4v) is 4.18. The van der Waals surface area contributed by atoms with Crippen molar-refractivity contribution >= 4 is 45.0 Å². The van der Waals surface area contributed by atoms with E-state index in [0.717, 1.165) is 28.8 Å². The van der Waals surface area contributed by atoms with E-state index < -0.39 is 10.2 Å². The molecule has 0 bridgehead atoms. The lowest BCUT2D eigenvalue weighted by atomic mass is 10.5. The third kappa shape index (κ3) is 5.23. The molecule has 22 heavy (non-hydrogen) atoms. The standard InChI is InChI=1S/C11H18N6O2S3/c1-17(2)5-9-14-8(7-21-9)6-20-4-3-13-11-10(12)15-22(18,19)16-11/h7H,3-6H2,1-2H3,(H2,12,15)(H,13,16). The van der Waals surface area contributed by atoms with Crippen molar-refractivity contribution in [1.82, 2.24) is 14.6 Å². The fraction of sp³-hybridized carbons (Fsp3) is 0.545. The minimum absolute atomic E-state index is 0.0853. The second-order valence-electron chi connectivity index (χ2n) is 4.81. The van der Waals surface area contributed by atoms with Gasteiger partial charge in [0.1, 0.15) is 5.01 Å². The molecule has 0 aliphatic carbocycles. The van der Waals surface area contributed by atoms with Crippen LogP contribution in [0.15, 0.2) is 14.8 Å². The van der Waals surface area contributed by atoms with E-state index in [0.29, 0.717) is 6.54 Å². The van der Waals surface area contributed by atoms with E-state index in [2.05, 4.69) is 29.4 Å². The van der Waals surface area contributed by atoms with Crippen molar-refractivity contribution in [3.63, 3.8) is 0 Å². The molecule has 0 unspecified atom stereocenters. The molecule has 11 heteroatoms. The van der Waals surface area contributed by atoms with Crippen LogP contribution in [-0.2, 0) is 22.5 Å². The van der Waals surface area contributed by atoms with Gasteiger partial charge in [0.05, 0.1) is 12.2 Å². The molecule has 0 radical (unpaired) electrons. The number of nitrogens with zero attached hydrogens (tertiary/aromatic N) is 4. The average Bonchev–Trinajstić information content (AvgIpc) is 2.92. The van der Waals surface area contributed by atoms with E-state index in [-0.39, 0.29) is 11.7 Å². The number of aromatic nitrogens is 1. The van der Waals surface area contributed by atoms with Crippen molar-refractivity contribution in [2.45, 2.75) is 12.3 Å². The highest BCUT2D eigenvalue weighted by atomic mass is 32.2. The van der Waals surface area contributed by atoms with E-state index in [1.54, 1.807) is 23.1 Å².